The number of aliphatic hydroxyl groups is 4. The molecule has 15 aromatic rings. The van der Waals surface area contributed by atoms with Gasteiger partial charge in [0.25, 0.3) is 55.6 Å². The Morgan fingerprint density at radius 3 is 1.22 bits per heavy atom. The van der Waals surface area contributed by atoms with Crippen molar-refractivity contribution in [2.45, 2.75) is 64.1 Å². The molecule has 1 aliphatic carbocycles. The number of nitrogens with zero attached hydrogens (tertiary/aromatic N) is 15. The lowest BCUT2D eigenvalue weighted by molar-refractivity contribution is 0.0802. The highest BCUT2D eigenvalue weighted by Gasteiger charge is 2.28. The number of pyridine rings is 5. The second-order valence-electron chi connectivity index (χ2n) is 28.9. The highest BCUT2D eigenvalue weighted by Crippen LogP contribution is 2.36. The molecular weight excluding hydrogens is 2240 g/mol. The van der Waals surface area contributed by atoms with Crippen molar-refractivity contribution in [2.75, 3.05) is 52.9 Å². The number of aromatic nitrogens is 15. The molecule has 0 aliphatic heterocycles. The molecule has 0 saturated heterocycles. The van der Waals surface area contributed by atoms with Crippen molar-refractivity contribution in [3.8, 4) is 0 Å². The number of rotatable bonds is 22. The Morgan fingerprint density at radius 2 is 0.815 bits per heavy atom. The van der Waals surface area contributed by atoms with Crippen LogP contribution in [0.15, 0.2) is 205 Å². The molecule has 130 heavy (non-hydrogen) atoms. The van der Waals surface area contributed by atoms with Crippen molar-refractivity contribution >= 4 is 230 Å². The Labute approximate surface area is 798 Å². The Bertz CT molecular complexity index is 7610. The van der Waals surface area contributed by atoms with Crippen LogP contribution < -0.4 is 92.7 Å². The van der Waals surface area contributed by atoms with Gasteiger partial charge in [0, 0.05) is 110 Å². The SMILES string of the molecule is CCn1cnc(=O)c2c(Nc3ccc(I)cc3F)cc(=O)n(C)c21.Cn1c(=O)cc(Nc2ccc(Br)cc2Cl)c2c(=O)n(C[C@H](O)CO)cnc21.Cn1c(=O)cc(Nc2ccc(I)cc2F)c2c(=O)n(C3CC3)cnc21.Cn1c(=O)cc(Nc2ccc(I)cc2F)c2c(=O)n(CC[C@@H](O)CO)cnc21.Cn1c(=O)cc(Nc2ccc(I)cc2F)c2c(=O)n(OCCN)cnc21. The van der Waals surface area contributed by atoms with E-state index in [1.165, 1.54) is 151 Å². The lowest BCUT2D eigenvalue weighted by atomic mass is 10.2. The lowest BCUT2D eigenvalue weighted by Crippen LogP contribution is -2.32. The van der Waals surface area contributed by atoms with Crippen LogP contribution in [0.1, 0.15) is 32.2 Å². The fraction of sp³-hybridized carbons (Fsp3) is 0.226. The first-order valence-electron chi connectivity index (χ1n) is 38.9. The van der Waals surface area contributed by atoms with Crippen LogP contribution in [0.5, 0.6) is 0 Å². The minimum absolute atomic E-state index is 0.101. The normalized spacial score (nSPS) is 12.1. The predicted molar refractivity (Wildman–Crippen MR) is 524 cm³/mol. The summed E-state index contributed by atoms with van der Waals surface area (Å²) in [6, 6.07) is 30.1. The predicted octanol–water partition coefficient (Wildman–Crippen LogP) is 9.42. The standard InChI is InChI=1S/C18H18FIN4O4.C17H16BrClN4O4.C17H14FIN4O2.C16H15FIN5O3.C16H14FIN4O2/c1-23-15(27)7-14(22-13-3-2-10(20)6-12(13)19)16-17(23)21-9-24(18(16)28)5-4-11(26)8-25;1-22-14(26)5-13(21-12-3-2-9(18)4-11(12)19)15-16(22)20-8-23(17(15)27)6-10(25)7-24;1-22-14(24)7-13(21-12-5-2-9(19)6-11(12)18)15-16(22)20-8-23(17(15)25)10-3-4-10;1-22-13(24)7-12(21-11-3-2-9(18)6-10(11)17)14-15(22)20-8-23(16(14)25)26-5-4-19;1-3-22-8-19-15(24)14-12(7-13(23)21(2)16(14)22)20-11-5-4-9(18)6-10(11)17/h2-3,6-7,9,11,22,25-26H,4-5,8H2,1H3;2-5,8,10,21,24-25H,6-7H2,1H3;2,5-8,10,21H,3-4H2,1H3;2-3,6-8,21H,4-5,19H2,1H3;4-8,20H,3H2,1-2H3/t11-;10-;;;/m10.../s1. The van der Waals surface area contributed by atoms with Crippen molar-refractivity contribution in [2.24, 2.45) is 41.0 Å². The van der Waals surface area contributed by atoms with E-state index in [0.717, 1.165) is 32.8 Å². The van der Waals surface area contributed by atoms with Gasteiger partial charge in [0.05, 0.1) is 107 Å². The van der Waals surface area contributed by atoms with E-state index in [0.29, 0.717) is 26.5 Å². The van der Waals surface area contributed by atoms with E-state index in [2.05, 4.69) is 67.4 Å². The molecule has 16 rings (SSSR count). The number of aliphatic hydroxyl groups excluding tert-OH is 4. The summed E-state index contributed by atoms with van der Waals surface area (Å²) in [5.41, 5.74) is 4.94. The van der Waals surface area contributed by atoms with Crippen molar-refractivity contribution < 1.29 is 42.8 Å². The van der Waals surface area contributed by atoms with Gasteiger partial charge in [-0.3, -0.25) is 84.5 Å². The molecule has 5 aromatic carbocycles. The van der Waals surface area contributed by atoms with Gasteiger partial charge in [-0.25, -0.2) is 37.5 Å². The molecule has 0 amide bonds. The van der Waals surface area contributed by atoms with Gasteiger partial charge in [-0.1, -0.05) is 27.5 Å². The summed E-state index contributed by atoms with van der Waals surface area (Å²) < 4.78 is 73.6. The Balaban J connectivity index is 0.000000147. The number of nitrogens with two attached hydrogens (primary N) is 1. The van der Waals surface area contributed by atoms with Crippen LogP contribution in [0.25, 0.3) is 55.2 Å². The van der Waals surface area contributed by atoms with Crippen LogP contribution in [-0.4, -0.2) is 130 Å². The average Bonchev–Trinajstić information content (AvgIpc) is 1.29. The van der Waals surface area contributed by atoms with Gasteiger partial charge in [-0.15, -0.1) is 4.73 Å². The van der Waals surface area contributed by atoms with Gasteiger partial charge in [0.15, 0.2) is 22.6 Å². The molecule has 1 saturated carbocycles. The zero-order valence-electron chi connectivity index (χ0n) is 69.1. The maximum absolute atomic E-state index is 14.2. The molecule has 0 radical (unpaired) electrons. The minimum atomic E-state index is -1.10. The van der Waals surface area contributed by atoms with Crippen LogP contribution in [0.4, 0.5) is 74.4 Å². The Kier molecular flexibility index (Phi) is 32.0. The van der Waals surface area contributed by atoms with E-state index >= 15 is 0 Å². The Morgan fingerprint density at radius 1 is 0.454 bits per heavy atom. The van der Waals surface area contributed by atoms with Gasteiger partial charge >= 0.3 is 0 Å². The molecule has 0 unspecified atom stereocenters. The zero-order chi connectivity index (χ0) is 94.1. The molecule has 0 bridgehead atoms. The summed E-state index contributed by atoms with van der Waals surface area (Å²) in [4.78, 5) is 151. The summed E-state index contributed by atoms with van der Waals surface area (Å²) >= 11 is 17.5. The topological polar surface area (TPSA) is 461 Å². The van der Waals surface area contributed by atoms with E-state index in [-0.39, 0.29) is 162 Å². The molecule has 0 spiro atoms. The van der Waals surface area contributed by atoms with E-state index in [4.69, 9.17) is 32.4 Å². The summed E-state index contributed by atoms with van der Waals surface area (Å²) in [5.74, 6) is -1.94. The van der Waals surface area contributed by atoms with Crippen molar-refractivity contribution in [1.82, 2.24) is 70.8 Å². The van der Waals surface area contributed by atoms with Crippen LogP contribution in [0.3, 0.4) is 0 Å². The summed E-state index contributed by atoms with van der Waals surface area (Å²) in [6.45, 7) is 1.86. The molecule has 46 heteroatoms. The summed E-state index contributed by atoms with van der Waals surface area (Å²) in [7, 11) is 7.66. The third-order valence-corrected chi connectivity index (χ3v) is 23.5. The number of fused-ring (bicyclic) bond motifs is 5. The quantitative estimate of drug-likeness (QED) is 0.0223. The van der Waals surface area contributed by atoms with Gasteiger partial charge < -0.3 is 62.1 Å². The first-order chi connectivity index (χ1) is 61.9. The maximum Gasteiger partial charge on any atom is 0.297 e. The lowest BCUT2D eigenvalue weighted by Gasteiger charge is -2.15. The molecule has 11 N–H and O–H groups in total. The second-order valence-corrected chi connectivity index (χ2v) is 35.2. The third-order valence-electron chi connectivity index (χ3n) is 20.0. The fourth-order valence-corrected chi connectivity index (χ4v) is 15.6. The van der Waals surface area contributed by atoms with Crippen LogP contribution in [0, 0.1) is 37.5 Å². The molecule has 1 aliphatic rings. The minimum Gasteiger partial charge on any atom is -0.408 e. The second kappa shape index (κ2) is 42.6. The molecule has 10 aromatic heterocycles. The third kappa shape index (κ3) is 22.2. The number of halogens is 10. The largest absolute Gasteiger partial charge is 0.408 e. The monoisotopic (exact) mass is 2320 g/mol. The smallest absolute Gasteiger partial charge is 0.297 e. The molecule has 1 fully saturated rings. The van der Waals surface area contributed by atoms with E-state index in [1.807, 2.05) is 97.3 Å². The van der Waals surface area contributed by atoms with Gasteiger partial charge in [0.1, 0.15) is 81.4 Å². The average molecular weight is 2320 g/mol. The highest BCUT2D eigenvalue weighted by molar-refractivity contribution is 14.1. The van der Waals surface area contributed by atoms with Crippen molar-refractivity contribution in [3.63, 3.8) is 0 Å². The molecule has 678 valence electrons. The van der Waals surface area contributed by atoms with E-state index in [9.17, 15) is 75.7 Å². The van der Waals surface area contributed by atoms with Crippen LogP contribution in [0.2, 0.25) is 5.02 Å². The molecule has 36 nitrogen and oxygen atoms in total. The number of hydrogen-bond donors (Lipinski definition) is 10. The van der Waals surface area contributed by atoms with Crippen LogP contribution >= 0.6 is 118 Å². The number of hydrogen-bond acceptors (Lipinski definition) is 26. The summed E-state index contributed by atoms with van der Waals surface area (Å²) in [6.07, 6.45) is 6.55. The van der Waals surface area contributed by atoms with E-state index < -0.39 is 82.0 Å². The maximum atomic E-state index is 14.2. The van der Waals surface area contributed by atoms with Gasteiger partial charge in [-0.2, -0.15) is 4.98 Å². The number of nitrogens with one attached hydrogen (secondary N) is 5. The van der Waals surface area contributed by atoms with Gasteiger partial charge in [0.2, 0.25) is 0 Å². The van der Waals surface area contributed by atoms with Crippen molar-refractivity contribution in [3.05, 3.63) is 304 Å². The molecular formula is C84H77BrClF4I4N21O15. The number of benzene rings is 5. The highest BCUT2D eigenvalue weighted by atomic mass is 127. The summed E-state index contributed by atoms with van der Waals surface area (Å²) in [5, 5.41) is 52.9. The zero-order valence-corrected chi connectivity index (χ0v) is 80.1. The first-order valence-corrected chi connectivity index (χ1v) is 44.4. The fourth-order valence-electron chi connectivity index (χ4n) is 13.1. The molecule has 2 atom stereocenters. The first kappa shape index (κ1) is 97.6. The van der Waals surface area contributed by atoms with Crippen LogP contribution in [-0.2, 0) is 54.9 Å². The Hall–Kier alpha value is -11.4. The number of aryl methyl sites for hydroxylation is 7. The number of anilines is 10. The molecule has 10 heterocycles. The van der Waals surface area contributed by atoms with Crippen molar-refractivity contribution in [1.29, 1.82) is 0 Å². The van der Waals surface area contributed by atoms with E-state index in [1.54, 1.807) is 77.8 Å². The van der Waals surface area contributed by atoms with Gasteiger partial charge in [-0.05, 0) is 208 Å².